The third kappa shape index (κ3) is 4.24. The van der Waals surface area contributed by atoms with Gasteiger partial charge in [0.15, 0.2) is 0 Å². The number of ether oxygens (including phenoxy) is 4. The van der Waals surface area contributed by atoms with Crippen LogP contribution in [0.15, 0.2) is 66.1 Å². The fourth-order valence-electron chi connectivity index (χ4n) is 3.22. The molecule has 0 bridgehead atoms. The van der Waals surface area contributed by atoms with Gasteiger partial charge in [-0.2, -0.15) is 5.26 Å². The van der Waals surface area contributed by atoms with Crippen LogP contribution >= 0.6 is 0 Å². The van der Waals surface area contributed by atoms with E-state index in [0.717, 1.165) is 16.9 Å². The van der Waals surface area contributed by atoms with Gasteiger partial charge in [-0.05, 0) is 30.2 Å². The summed E-state index contributed by atoms with van der Waals surface area (Å²) < 4.78 is 22.5. The van der Waals surface area contributed by atoms with Crippen molar-refractivity contribution < 1.29 is 18.9 Å². The minimum atomic E-state index is -0.514. The minimum Gasteiger partial charge on any atom is -0.497 e. The fraction of sp³-hybridized carbons (Fsp3) is 0.318. The number of hydrogen-bond donors (Lipinski definition) is 0. The maximum Gasteiger partial charge on any atom is 0.296 e. The van der Waals surface area contributed by atoms with Crippen molar-refractivity contribution >= 4 is 0 Å². The van der Waals surface area contributed by atoms with Crippen molar-refractivity contribution in [3.63, 3.8) is 0 Å². The Kier molecular flexibility index (Phi) is 6.00. The molecular formula is C22H23NO4. The molecule has 0 N–H and O–H groups in total. The summed E-state index contributed by atoms with van der Waals surface area (Å²) in [5.74, 6) is 0.893. The second-order valence-electron chi connectivity index (χ2n) is 6.31. The predicted molar refractivity (Wildman–Crippen MR) is 101 cm³/mol. The molecule has 0 aromatic heterocycles. The molecule has 1 heterocycles. The fourth-order valence-corrected chi connectivity index (χ4v) is 3.22. The quantitative estimate of drug-likeness (QED) is 0.743. The number of allylic oxidation sites excluding steroid dienone is 1. The molecule has 3 atom stereocenters. The summed E-state index contributed by atoms with van der Waals surface area (Å²) in [5, 5.41) is 9.60. The van der Waals surface area contributed by atoms with Crippen LogP contribution in [-0.4, -0.2) is 20.5 Å². The molecule has 0 spiro atoms. The van der Waals surface area contributed by atoms with Crippen LogP contribution in [0.5, 0.6) is 5.75 Å². The highest BCUT2D eigenvalue weighted by Crippen LogP contribution is 2.38. The summed E-state index contributed by atoms with van der Waals surface area (Å²) in [6, 6.07) is 19.9. The molecule has 0 aliphatic carbocycles. The van der Waals surface area contributed by atoms with Gasteiger partial charge in [-0.15, -0.1) is 0 Å². The summed E-state index contributed by atoms with van der Waals surface area (Å²) in [6.07, 6.45) is -0.154. The zero-order valence-electron chi connectivity index (χ0n) is 15.7. The maximum absolute atomic E-state index is 9.60. The standard InChI is InChI=1S/C22H23NO4/c1-15(16-9-11-18(24-2)12-10-16)26-21-13-19(17-7-5-4-6-8-17)20(14-23)22(25-3)27-21/h4-12,15,19,21H,13H2,1-3H3. The molecule has 2 aromatic carbocycles. The Bertz CT molecular complexity index is 824. The van der Waals surface area contributed by atoms with Crippen molar-refractivity contribution in [3.05, 3.63) is 77.2 Å². The summed E-state index contributed by atoms with van der Waals surface area (Å²) in [6.45, 7) is 1.97. The third-order valence-corrected chi connectivity index (χ3v) is 4.68. The number of nitriles is 1. The van der Waals surface area contributed by atoms with Gasteiger partial charge in [-0.1, -0.05) is 42.5 Å². The first-order chi connectivity index (χ1) is 13.2. The SMILES string of the molecule is COC1=C(C#N)C(c2ccccc2)CC(OC(C)c2ccc(OC)cc2)O1. The van der Waals surface area contributed by atoms with Gasteiger partial charge in [0.25, 0.3) is 5.95 Å². The lowest BCUT2D eigenvalue weighted by atomic mass is 9.87. The normalized spacial score (nSPS) is 20.4. The molecule has 140 valence electrons. The van der Waals surface area contributed by atoms with Crippen LogP contribution in [0, 0.1) is 11.3 Å². The minimum absolute atomic E-state index is 0.132. The smallest absolute Gasteiger partial charge is 0.296 e. The zero-order valence-corrected chi connectivity index (χ0v) is 15.7. The number of rotatable bonds is 6. The second kappa shape index (κ2) is 8.61. The van der Waals surface area contributed by atoms with Crippen LogP contribution in [0.2, 0.25) is 0 Å². The summed E-state index contributed by atoms with van der Waals surface area (Å²) in [5.41, 5.74) is 2.54. The Morgan fingerprint density at radius 1 is 1.04 bits per heavy atom. The molecule has 1 aliphatic rings. The lowest BCUT2D eigenvalue weighted by Gasteiger charge is -2.32. The number of hydrogen-bond acceptors (Lipinski definition) is 5. The molecule has 5 heteroatoms. The van der Waals surface area contributed by atoms with Gasteiger partial charge < -0.3 is 18.9 Å². The van der Waals surface area contributed by atoms with E-state index in [1.165, 1.54) is 7.11 Å². The van der Waals surface area contributed by atoms with Crippen molar-refractivity contribution in [2.24, 2.45) is 0 Å². The topological polar surface area (TPSA) is 60.7 Å². The van der Waals surface area contributed by atoms with Crippen LogP contribution in [0.3, 0.4) is 0 Å². The molecule has 1 aliphatic heterocycles. The van der Waals surface area contributed by atoms with Crippen molar-refractivity contribution in [2.75, 3.05) is 14.2 Å². The molecule has 0 radical (unpaired) electrons. The predicted octanol–water partition coefficient (Wildman–Crippen LogP) is 4.68. The van der Waals surface area contributed by atoms with Gasteiger partial charge in [-0.3, -0.25) is 0 Å². The average Bonchev–Trinajstić information content (AvgIpc) is 2.73. The van der Waals surface area contributed by atoms with Crippen molar-refractivity contribution in [1.29, 1.82) is 5.26 Å². The Labute approximate surface area is 159 Å². The molecule has 5 nitrogen and oxygen atoms in total. The van der Waals surface area contributed by atoms with Crippen LogP contribution in [0.4, 0.5) is 0 Å². The zero-order chi connectivity index (χ0) is 19.2. The highest BCUT2D eigenvalue weighted by atomic mass is 16.8. The number of nitrogens with zero attached hydrogens (tertiary/aromatic N) is 1. The molecule has 27 heavy (non-hydrogen) atoms. The van der Waals surface area contributed by atoms with E-state index in [0.29, 0.717) is 12.0 Å². The third-order valence-electron chi connectivity index (χ3n) is 4.68. The highest BCUT2D eigenvalue weighted by Gasteiger charge is 2.34. The maximum atomic E-state index is 9.60. The van der Waals surface area contributed by atoms with Crippen molar-refractivity contribution in [3.8, 4) is 11.8 Å². The van der Waals surface area contributed by atoms with Gasteiger partial charge in [0.2, 0.25) is 6.29 Å². The Balaban J connectivity index is 1.80. The van der Waals surface area contributed by atoms with E-state index in [1.54, 1.807) is 7.11 Å². The Morgan fingerprint density at radius 3 is 2.33 bits per heavy atom. The summed E-state index contributed by atoms with van der Waals surface area (Å²) >= 11 is 0. The summed E-state index contributed by atoms with van der Waals surface area (Å²) in [4.78, 5) is 0. The lowest BCUT2D eigenvalue weighted by molar-refractivity contribution is -0.183. The van der Waals surface area contributed by atoms with E-state index < -0.39 is 6.29 Å². The van der Waals surface area contributed by atoms with E-state index in [9.17, 15) is 5.26 Å². The second-order valence-corrected chi connectivity index (χ2v) is 6.31. The Hall–Kier alpha value is -2.97. The van der Waals surface area contributed by atoms with Crippen molar-refractivity contribution in [2.45, 2.75) is 31.7 Å². The van der Waals surface area contributed by atoms with Crippen LogP contribution in [0.1, 0.15) is 36.5 Å². The van der Waals surface area contributed by atoms with Gasteiger partial charge in [-0.25, -0.2) is 0 Å². The molecule has 3 unspecified atom stereocenters. The van der Waals surface area contributed by atoms with Crippen molar-refractivity contribution in [1.82, 2.24) is 0 Å². The molecule has 3 rings (SSSR count). The van der Waals surface area contributed by atoms with E-state index in [4.69, 9.17) is 18.9 Å². The molecule has 0 saturated heterocycles. The highest BCUT2D eigenvalue weighted by molar-refractivity contribution is 5.38. The first-order valence-electron chi connectivity index (χ1n) is 8.85. The molecular weight excluding hydrogens is 342 g/mol. The molecule has 2 aromatic rings. The molecule has 0 fully saturated rings. The molecule has 0 saturated carbocycles. The monoisotopic (exact) mass is 365 g/mol. The first kappa shape index (κ1) is 18.8. The Morgan fingerprint density at radius 2 is 1.74 bits per heavy atom. The summed E-state index contributed by atoms with van der Waals surface area (Å²) in [7, 11) is 3.14. The van der Waals surface area contributed by atoms with E-state index in [-0.39, 0.29) is 18.0 Å². The van der Waals surface area contributed by atoms with Gasteiger partial charge in [0.05, 0.1) is 20.3 Å². The van der Waals surface area contributed by atoms with E-state index >= 15 is 0 Å². The van der Waals surface area contributed by atoms with E-state index in [2.05, 4.69) is 6.07 Å². The van der Waals surface area contributed by atoms with Crippen LogP contribution in [-0.2, 0) is 14.2 Å². The van der Waals surface area contributed by atoms with E-state index in [1.807, 2.05) is 61.5 Å². The van der Waals surface area contributed by atoms with Gasteiger partial charge in [0.1, 0.15) is 17.4 Å². The van der Waals surface area contributed by atoms with Gasteiger partial charge >= 0.3 is 0 Å². The number of methoxy groups -OCH3 is 2. The largest absolute Gasteiger partial charge is 0.497 e. The average molecular weight is 365 g/mol. The lowest BCUT2D eigenvalue weighted by Crippen LogP contribution is -2.28. The van der Waals surface area contributed by atoms with Gasteiger partial charge in [0, 0.05) is 12.3 Å². The van der Waals surface area contributed by atoms with Crippen LogP contribution < -0.4 is 4.74 Å². The molecule has 0 amide bonds. The number of benzene rings is 2. The first-order valence-corrected chi connectivity index (χ1v) is 8.85. The van der Waals surface area contributed by atoms with Crippen LogP contribution in [0.25, 0.3) is 0 Å².